The second-order valence-electron chi connectivity index (χ2n) is 4.73. The first-order chi connectivity index (χ1) is 10.7. The normalized spacial score (nSPS) is 17.0. The van der Waals surface area contributed by atoms with Crippen molar-refractivity contribution in [1.29, 1.82) is 0 Å². The molecule has 0 radical (unpaired) electrons. The van der Waals surface area contributed by atoms with E-state index in [9.17, 15) is 4.79 Å². The molecule has 1 aliphatic heterocycles. The second kappa shape index (κ2) is 5.76. The Morgan fingerprint density at radius 3 is 2.91 bits per heavy atom. The van der Waals surface area contributed by atoms with Gasteiger partial charge in [-0.25, -0.2) is 4.79 Å². The van der Waals surface area contributed by atoms with E-state index < -0.39 is 12.0 Å². The maximum Gasteiger partial charge on any atom is 0.338 e. The number of ether oxygens (including phenoxy) is 1. The van der Waals surface area contributed by atoms with Crippen LogP contribution in [0.25, 0.3) is 0 Å². The van der Waals surface area contributed by atoms with Crippen molar-refractivity contribution in [2.45, 2.75) is 19.4 Å². The monoisotopic (exact) mass is 319 g/mol. The van der Waals surface area contributed by atoms with E-state index in [1.54, 1.807) is 6.07 Å². The lowest BCUT2D eigenvalue weighted by Crippen LogP contribution is -2.30. The third-order valence-corrected chi connectivity index (χ3v) is 3.90. The summed E-state index contributed by atoms with van der Waals surface area (Å²) in [6.45, 7) is 1.94. The molecule has 1 atom stereocenters. The Bertz CT molecular complexity index is 755. The van der Waals surface area contributed by atoms with Gasteiger partial charge in [0.2, 0.25) is 5.95 Å². The van der Waals surface area contributed by atoms with Crippen LogP contribution in [-0.4, -0.2) is 33.3 Å². The Morgan fingerprint density at radius 1 is 1.45 bits per heavy atom. The van der Waals surface area contributed by atoms with E-state index in [0.717, 1.165) is 11.3 Å². The van der Waals surface area contributed by atoms with Gasteiger partial charge in [-0.15, -0.1) is 0 Å². The SMILES string of the molecule is CCC1=C(C(=O)OC)C(c2ccccc2Cl)n2nnnc2N1. The highest BCUT2D eigenvalue weighted by molar-refractivity contribution is 6.31. The highest BCUT2D eigenvalue weighted by Gasteiger charge is 2.36. The number of halogens is 1. The van der Waals surface area contributed by atoms with E-state index in [-0.39, 0.29) is 0 Å². The molecule has 0 saturated heterocycles. The molecule has 0 aliphatic carbocycles. The molecule has 7 nitrogen and oxygen atoms in total. The number of fused-ring (bicyclic) bond motifs is 1. The number of methoxy groups -OCH3 is 1. The van der Waals surface area contributed by atoms with Crippen LogP contribution in [0, 0.1) is 0 Å². The molecule has 0 amide bonds. The molecular weight excluding hydrogens is 306 g/mol. The van der Waals surface area contributed by atoms with E-state index in [0.29, 0.717) is 23.0 Å². The highest BCUT2D eigenvalue weighted by Crippen LogP contribution is 2.38. The van der Waals surface area contributed by atoms with Crippen molar-refractivity contribution in [2.24, 2.45) is 0 Å². The van der Waals surface area contributed by atoms with Crippen molar-refractivity contribution in [3.05, 3.63) is 46.1 Å². The van der Waals surface area contributed by atoms with Crippen molar-refractivity contribution in [1.82, 2.24) is 20.2 Å². The molecule has 0 spiro atoms. The lowest BCUT2D eigenvalue weighted by molar-refractivity contribution is -0.136. The van der Waals surface area contributed by atoms with Gasteiger partial charge < -0.3 is 10.1 Å². The average molecular weight is 320 g/mol. The van der Waals surface area contributed by atoms with Gasteiger partial charge >= 0.3 is 5.97 Å². The fraction of sp³-hybridized carbons (Fsp3) is 0.286. The van der Waals surface area contributed by atoms with Gasteiger partial charge in [0.1, 0.15) is 6.04 Å². The highest BCUT2D eigenvalue weighted by atomic mass is 35.5. The summed E-state index contributed by atoms with van der Waals surface area (Å²) in [4.78, 5) is 12.3. The summed E-state index contributed by atoms with van der Waals surface area (Å²) in [7, 11) is 1.35. The van der Waals surface area contributed by atoms with Crippen molar-refractivity contribution in [2.75, 3.05) is 12.4 Å². The number of rotatable bonds is 3. The predicted molar refractivity (Wildman–Crippen MR) is 80.4 cm³/mol. The van der Waals surface area contributed by atoms with Gasteiger partial charge in [0.15, 0.2) is 0 Å². The van der Waals surface area contributed by atoms with Crippen LogP contribution in [0.3, 0.4) is 0 Å². The molecule has 1 N–H and O–H groups in total. The third-order valence-electron chi connectivity index (χ3n) is 3.56. The Morgan fingerprint density at radius 2 is 2.23 bits per heavy atom. The molecule has 3 rings (SSSR count). The maximum absolute atomic E-state index is 12.3. The fourth-order valence-corrected chi connectivity index (χ4v) is 2.79. The Kier molecular flexibility index (Phi) is 3.81. The first-order valence-corrected chi connectivity index (χ1v) is 7.15. The zero-order valence-corrected chi connectivity index (χ0v) is 12.8. The third kappa shape index (κ3) is 2.23. The van der Waals surface area contributed by atoms with E-state index in [1.807, 2.05) is 25.1 Å². The number of allylic oxidation sites excluding steroid dienone is 1. The van der Waals surface area contributed by atoms with Gasteiger partial charge in [-0.2, -0.15) is 4.68 Å². The number of hydrogen-bond acceptors (Lipinski definition) is 6. The minimum Gasteiger partial charge on any atom is -0.466 e. The average Bonchev–Trinajstić information content (AvgIpc) is 3.01. The van der Waals surface area contributed by atoms with Crippen LogP contribution in [0.4, 0.5) is 5.95 Å². The van der Waals surface area contributed by atoms with Gasteiger partial charge in [-0.3, -0.25) is 0 Å². The zero-order chi connectivity index (χ0) is 15.7. The summed E-state index contributed by atoms with van der Waals surface area (Å²) in [5, 5.41) is 15.2. The molecule has 2 aromatic rings. The van der Waals surface area contributed by atoms with E-state index in [2.05, 4.69) is 20.8 Å². The van der Waals surface area contributed by atoms with Crippen molar-refractivity contribution >= 4 is 23.5 Å². The lowest BCUT2D eigenvalue weighted by Gasteiger charge is -2.28. The van der Waals surface area contributed by atoms with Crippen LogP contribution in [0.2, 0.25) is 5.02 Å². The largest absolute Gasteiger partial charge is 0.466 e. The van der Waals surface area contributed by atoms with Crippen LogP contribution < -0.4 is 5.32 Å². The Balaban J connectivity index is 2.25. The van der Waals surface area contributed by atoms with Crippen LogP contribution in [0.5, 0.6) is 0 Å². The predicted octanol–water partition coefficient (Wildman–Crippen LogP) is 2.18. The van der Waals surface area contributed by atoms with Gasteiger partial charge in [-0.1, -0.05) is 41.8 Å². The van der Waals surface area contributed by atoms with Crippen molar-refractivity contribution < 1.29 is 9.53 Å². The number of benzene rings is 1. The number of nitrogens with zero attached hydrogens (tertiary/aromatic N) is 4. The molecule has 0 bridgehead atoms. The van der Waals surface area contributed by atoms with Gasteiger partial charge in [-0.05, 0) is 22.9 Å². The smallest absolute Gasteiger partial charge is 0.338 e. The first-order valence-electron chi connectivity index (χ1n) is 6.78. The Labute approximate surface area is 131 Å². The molecule has 1 aromatic heterocycles. The van der Waals surface area contributed by atoms with Crippen molar-refractivity contribution in [3.8, 4) is 0 Å². The number of carbonyl (C=O) groups is 1. The molecule has 114 valence electrons. The van der Waals surface area contributed by atoms with Crippen LogP contribution >= 0.6 is 11.6 Å². The first kappa shape index (κ1) is 14.5. The molecule has 8 heteroatoms. The molecule has 1 aliphatic rings. The van der Waals surface area contributed by atoms with Gasteiger partial charge in [0.25, 0.3) is 0 Å². The Hall–Kier alpha value is -2.41. The van der Waals surface area contributed by atoms with Crippen LogP contribution in [0.15, 0.2) is 35.5 Å². The fourth-order valence-electron chi connectivity index (χ4n) is 2.55. The summed E-state index contributed by atoms with van der Waals surface area (Å²) in [5.41, 5.74) is 1.92. The molecule has 0 saturated carbocycles. The molecule has 22 heavy (non-hydrogen) atoms. The summed E-state index contributed by atoms with van der Waals surface area (Å²) in [6, 6.07) is 6.77. The van der Waals surface area contributed by atoms with E-state index >= 15 is 0 Å². The maximum atomic E-state index is 12.3. The number of aromatic nitrogens is 4. The van der Waals surface area contributed by atoms with Crippen LogP contribution in [0.1, 0.15) is 24.9 Å². The second-order valence-corrected chi connectivity index (χ2v) is 5.14. The molecule has 1 unspecified atom stereocenters. The summed E-state index contributed by atoms with van der Waals surface area (Å²) in [5.74, 6) is 0.0323. The molecule has 1 aromatic carbocycles. The van der Waals surface area contributed by atoms with Gasteiger partial charge in [0, 0.05) is 16.3 Å². The number of nitrogens with one attached hydrogen (secondary N) is 1. The quantitative estimate of drug-likeness (QED) is 0.873. The summed E-state index contributed by atoms with van der Waals surface area (Å²) in [6.07, 6.45) is 0.609. The zero-order valence-electron chi connectivity index (χ0n) is 12.1. The number of anilines is 1. The van der Waals surface area contributed by atoms with E-state index in [1.165, 1.54) is 11.8 Å². The number of carbonyl (C=O) groups excluding carboxylic acids is 1. The van der Waals surface area contributed by atoms with Gasteiger partial charge in [0.05, 0.1) is 12.7 Å². The standard InChI is InChI=1S/C14H14ClN5O2/c1-3-10-11(13(21)22-2)12(8-6-4-5-7-9(8)15)20-14(16-10)17-18-19-20/h4-7,12H,3H2,1-2H3,(H,16,17,19). The van der Waals surface area contributed by atoms with Crippen molar-refractivity contribution in [3.63, 3.8) is 0 Å². The topological polar surface area (TPSA) is 81.9 Å². The summed E-state index contributed by atoms with van der Waals surface area (Å²) < 4.78 is 6.48. The minimum atomic E-state index is -0.526. The molecular formula is C14H14ClN5O2. The molecule has 2 heterocycles. The number of hydrogen-bond donors (Lipinski definition) is 1. The minimum absolute atomic E-state index is 0.435. The number of esters is 1. The lowest BCUT2D eigenvalue weighted by atomic mass is 9.94. The number of tetrazole rings is 1. The van der Waals surface area contributed by atoms with E-state index in [4.69, 9.17) is 16.3 Å². The molecule has 0 fully saturated rings. The van der Waals surface area contributed by atoms with Crippen LogP contribution in [-0.2, 0) is 9.53 Å². The summed E-state index contributed by atoms with van der Waals surface area (Å²) >= 11 is 6.32.